The first-order valence-corrected chi connectivity index (χ1v) is 7.53. The molecule has 1 aliphatic carbocycles. The van der Waals surface area contributed by atoms with Gasteiger partial charge >= 0.3 is 0 Å². The Bertz CT molecular complexity index is 232. The summed E-state index contributed by atoms with van der Waals surface area (Å²) in [6.07, 6.45) is 6.78. The van der Waals surface area contributed by atoms with E-state index >= 15 is 0 Å². The van der Waals surface area contributed by atoms with E-state index in [9.17, 15) is 4.79 Å². The highest BCUT2D eigenvalue weighted by Gasteiger charge is 2.24. The quantitative estimate of drug-likeness (QED) is 0.726. The summed E-state index contributed by atoms with van der Waals surface area (Å²) in [7, 11) is 0. The van der Waals surface area contributed by atoms with Crippen LogP contribution in [0.5, 0.6) is 0 Å². The number of amides is 1. The number of halogens is 1. The van der Waals surface area contributed by atoms with Gasteiger partial charge in [0.05, 0.1) is 0 Å². The number of hydrogen-bond donors (Lipinski definition) is 1. The lowest BCUT2D eigenvalue weighted by molar-refractivity contribution is -0.122. The fraction of sp³-hybridized carbons (Fsp3) is 0.929. The van der Waals surface area contributed by atoms with Crippen LogP contribution in [0.25, 0.3) is 0 Å². The van der Waals surface area contributed by atoms with Gasteiger partial charge in [-0.15, -0.1) is 11.6 Å². The first kappa shape index (κ1) is 14.8. The van der Waals surface area contributed by atoms with E-state index in [1.165, 1.54) is 25.7 Å². The Labute approximate surface area is 110 Å². The third-order valence-electron chi connectivity index (χ3n) is 4.06. The number of carbonyl (C=O) groups excluding carboxylic acids is 1. The number of hydrogen-bond acceptors (Lipinski definition) is 1. The standard InChI is InChI=1S/C14H26ClNO/c1-3-11(2)8-14(17)16-10-13-7-5-4-6-12(13)9-15/h11-13H,3-10H2,1-2H3,(H,16,17). The maximum Gasteiger partial charge on any atom is 0.220 e. The topological polar surface area (TPSA) is 29.1 Å². The van der Waals surface area contributed by atoms with Gasteiger partial charge in [-0.3, -0.25) is 4.79 Å². The van der Waals surface area contributed by atoms with Crippen molar-refractivity contribution in [3.8, 4) is 0 Å². The van der Waals surface area contributed by atoms with Gasteiger partial charge in [-0.2, -0.15) is 0 Å². The molecule has 0 aromatic rings. The van der Waals surface area contributed by atoms with Crippen molar-refractivity contribution in [3.63, 3.8) is 0 Å². The van der Waals surface area contributed by atoms with Crippen molar-refractivity contribution in [2.75, 3.05) is 12.4 Å². The van der Waals surface area contributed by atoms with Gasteiger partial charge in [-0.25, -0.2) is 0 Å². The molecule has 3 heteroatoms. The molecule has 0 heterocycles. The largest absolute Gasteiger partial charge is 0.356 e. The highest BCUT2D eigenvalue weighted by atomic mass is 35.5. The van der Waals surface area contributed by atoms with Crippen LogP contribution >= 0.6 is 11.6 Å². The molecule has 0 aromatic heterocycles. The van der Waals surface area contributed by atoms with Crippen LogP contribution in [0, 0.1) is 17.8 Å². The number of nitrogens with one attached hydrogen (secondary N) is 1. The summed E-state index contributed by atoms with van der Waals surface area (Å²) in [5, 5.41) is 3.08. The van der Waals surface area contributed by atoms with E-state index in [0.29, 0.717) is 24.2 Å². The van der Waals surface area contributed by atoms with Crippen LogP contribution in [-0.4, -0.2) is 18.3 Å². The summed E-state index contributed by atoms with van der Waals surface area (Å²) in [6, 6.07) is 0. The molecule has 1 saturated carbocycles. The molecule has 0 saturated heterocycles. The SMILES string of the molecule is CCC(C)CC(=O)NCC1CCCCC1CCl. The van der Waals surface area contributed by atoms with Gasteiger partial charge in [0.1, 0.15) is 0 Å². The molecule has 1 aliphatic rings. The summed E-state index contributed by atoms with van der Waals surface area (Å²) in [6.45, 7) is 5.08. The van der Waals surface area contributed by atoms with E-state index in [4.69, 9.17) is 11.6 Å². The van der Waals surface area contributed by atoms with Crippen molar-refractivity contribution in [1.29, 1.82) is 0 Å². The summed E-state index contributed by atoms with van der Waals surface area (Å²) in [4.78, 5) is 11.7. The van der Waals surface area contributed by atoms with Crippen LogP contribution in [-0.2, 0) is 4.79 Å². The van der Waals surface area contributed by atoms with Gasteiger partial charge in [0.2, 0.25) is 5.91 Å². The lowest BCUT2D eigenvalue weighted by Gasteiger charge is -2.30. The molecule has 1 N–H and O–H groups in total. The Hall–Kier alpha value is -0.240. The lowest BCUT2D eigenvalue weighted by atomic mass is 9.80. The predicted molar refractivity (Wildman–Crippen MR) is 73.2 cm³/mol. The van der Waals surface area contributed by atoms with Gasteiger partial charge in [0, 0.05) is 18.8 Å². The van der Waals surface area contributed by atoms with E-state index in [-0.39, 0.29) is 5.91 Å². The van der Waals surface area contributed by atoms with E-state index in [1.54, 1.807) is 0 Å². The van der Waals surface area contributed by atoms with Gasteiger partial charge < -0.3 is 5.32 Å². The Balaban J connectivity index is 2.26. The summed E-state index contributed by atoms with van der Waals surface area (Å²) >= 11 is 5.98. The van der Waals surface area contributed by atoms with Gasteiger partial charge in [0.15, 0.2) is 0 Å². The molecule has 0 radical (unpaired) electrons. The molecule has 1 rings (SSSR count). The molecule has 0 bridgehead atoms. The second-order valence-electron chi connectivity index (χ2n) is 5.48. The summed E-state index contributed by atoms with van der Waals surface area (Å²) in [5.74, 6) is 2.64. The Morgan fingerprint density at radius 3 is 2.59 bits per heavy atom. The minimum Gasteiger partial charge on any atom is -0.356 e. The Kier molecular flexibility index (Phi) is 6.94. The molecule has 3 unspecified atom stereocenters. The third kappa shape index (κ3) is 5.29. The fourth-order valence-corrected chi connectivity index (χ4v) is 2.94. The molecule has 100 valence electrons. The van der Waals surface area contributed by atoms with Crippen molar-refractivity contribution < 1.29 is 4.79 Å². The highest BCUT2D eigenvalue weighted by Crippen LogP contribution is 2.30. The van der Waals surface area contributed by atoms with E-state index in [1.807, 2.05) is 0 Å². The lowest BCUT2D eigenvalue weighted by Crippen LogP contribution is -2.35. The Morgan fingerprint density at radius 1 is 1.35 bits per heavy atom. The smallest absolute Gasteiger partial charge is 0.220 e. The van der Waals surface area contributed by atoms with Crippen molar-refractivity contribution in [2.45, 2.75) is 52.4 Å². The van der Waals surface area contributed by atoms with Crippen molar-refractivity contribution >= 4 is 17.5 Å². The van der Waals surface area contributed by atoms with Gasteiger partial charge in [-0.05, 0) is 30.6 Å². The monoisotopic (exact) mass is 259 g/mol. The first-order valence-electron chi connectivity index (χ1n) is 7.00. The average Bonchev–Trinajstić information content (AvgIpc) is 2.36. The first-order chi connectivity index (χ1) is 8.17. The maximum atomic E-state index is 11.7. The van der Waals surface area contributed by atoms with Crippen molar-refractivity contribution in [3.05, 3.63) is 0 Å². The molecule has 3 atom stereocenters. The van der Waals surface area contributed by atoms with Gasteiger partial charge in [-0.1, -0.05) is 33.1 Å². The molecule has 1 amide bonds. The Morgan fingerprint density at radius 2 is 2.00 bits per heavy atom. The zero-order valence-electron chi connectivity index (χ0n) is 11.2. The van der Waals surface area contributed by atoms with Crippen molar-refractivity contribution in [1.82, 2.24) is 5.32 Å². The average molecular weight is 260 g/mol. The molecule has 17 heavy (non-hydrogen) atoms. The van der Waals surface area contributed by atoms with E-state index in [0.717, 1.165) is 18.8 Å². The normalized spacial score (nSPS) is 26.5. The van der Waals surface area contributed by atoms with Crippen LogP contribution in [0.1, 0.15) is 52.4 Å². The summed E-state index contributed by atoms with van der Waals surface area (Å²) in [5.41, 5.74) is 0. The molecule has 1 fully saturated rings. The van der Waals surface area contributed by atoms with E-state index in [2.05, 4.69) is 19.2 Å². The fourth-order valence-electron chi connectivity index (χ4n) is 2.53. The summed E-state index contributed by atoms with van der Waals surface area (Å²) < 4.78 is 0. The van der Waals surface area contributed by atoms with Crippen molar-refractivity contribution in [2.24, 2.45) is 17.8 Å². The van der Waals surface area contributed by atoms with Crippen LogP contribution in [0.15, 0.2) is 0 Å². The van der Waals surface area contributed by atoms with Crippen LogP contribution in [0.2, 0.25) is 0 Å². The molecule has 0 aromatic carbocycles. The second-order valence-corrected chi connectivity index (χ2v) is 5.79. The highest BCUT2D eigenvalue weighted by molar-refractivity contribution is 6.18. The zero-order chi connectivity index (χ0) is 12.7. The van der Waals surface area contributed by atoms with Gasteiger partial charge in [0.25, 0.3) is 0 Å². The maximum absolute atomic E-state index is 11.7. The van der Waals surface area contributed by atoms with Crippen LogP contribution in [0.4, 0.5) is 0 Å². The van der Waals surface area contributed by atoms with E-state index < -0.39 is 0 Å². The zero-order valence-corrected chi connectivity index (χ0v) is 11.9. The molecule has 2 nitrogen and oxygen atoms in total. The number of carbonyl (C=O) groups is 1. The van der Waals surface area contributed by atoms with Crippen LogP contribution < -0.4 is 5.32 Å². The third-order valence-corrected chi connectivity index (χ3v) is 4.45. The van der Waals surface area contributed by atoms with Crippen LogP contribution in [0.3, 0.4) is 0 Å². The second kappa shape index (κ2) is 7.97. The molecular weight excluding hydrogens is 234 g/mol. The predicted octanol–water partition coefficient (Wildman–Crippen LogP) is 3.58. The molecule has 0 aliphatic heterocycles. The molecule has 0 spiro atoms. The minimum absolute atomic E-state index is 0.207. The molecular formula is C14H26ClNO. The number of alkyl halides is 1. The minimum atomic E-state index is 0.207. The number of rotatable bonds is 6.